The van der Waals surface area contributed by atoms with E-state index in [2.05, 4.69) is 20.8 Å². The van der Waals surface area contributed by atoms with Gasteiger partial charge in [-0.05, 0) is 35.9 Å². The molecule has 136 valence electrons. The summed E-state index contributed by atoms with van der Waals surface area (Å²) < 4.78 is 0. The fraction of sp³-hybridized carbons (Fsp3) is 0.0526. The normalized spacial score (nSPS) is 11.1. The van der Waals surface area contributed by atoms with Crippen LogP contribution in [-0.4, -0.2) is 22.0 Å². The van der Waals surface area contributed by atoms with E-state index < -0.39 is 0 Å². The maximum absolute atomic E-state index is 12.2. The number of hydrogen-bond donors (Lipinski definition) is 2. The summed E-state index contributed by atoms with van der Waals surface area (Å²) in [6.07, 6.45) is 1.72. The van der Waals surface area contributed by atoms with Crippen LogP contribution in [0.5, 0.6) is 0 Å². The number of nitrogens with one attached hydrogen (secondary N) is 2. The van der Waals surface area contributed by atoms with E-state index in [1.165, 1.54) is 6.92 Å². The van der Waals surface area contributed by atoms with E-state index in [0.29, 0.717) is 21.4 Å². The number of hydrogen-bond acceptors (Lipinski definition) is 5. The third-order valence-electron chi connectivity index (χ3n) is 3.38. The smallest absolute Gasteiger partial charge is 0.286 e. The lowest BCUT2D eigenvalue weighted by Gasteiger charge is -2.02. The van der Waals surface area contributed by atoms with Crippen LogP contribution in [-0.2, 0) is 4.79 Å². The molecule has 2 aromatic carbocycles. The summed E-state index contributed by atoms with van der Waals surface area (Å²) in [5, 5.41) is 14.4. The highest BCUT2D eigenvalue weighted by atomic mass is 35.5. The molecule has 0 saturated heterocycles. The quantitative estimate of drug-likeness (QED) is 0.663. The fourth-order valence-electron chi connectivity index (χ4n) is 2.19. The largest absolute Gasteiger partial charge is 0.326 e. The van der Waals surface area contributed by atoms with Gasteiger partial charge in [-0.2, -0.15) is 0 Å². The summed E-state index contributed by atoms with van der Waals surface area (Å²) in [6, 6.07) is 16.3. The van der Waals surface area contributed by atoms with Crippen LogP contribution in [0, 0.1) is 0 Å². The molecule has 0 bridgehead atoms. The fourth-order valence-corrected chi connectivity index (χ4v) is 3.12. The van der Waals surface area contributed by atoms with Gasteiger partial charge in [0.05, 0.1) is 5.03 Å². The predicted octanol–water partition coefficient (Wildman–Crippen LogP) is 4.49. The Morgan fingerprint density at radius 2 is 1.56 bits per heavy atom. The van der Waals surface area contributed by atoms with Crippen LogP contribution < -0.4 is 10.6 Å². The number of aromatic nitrogens is 2. The van der Waals surface area contributed by atoms with Crippen LogP contribution in [0.3, 0.4) is 0 Å². The van der Waals surface area contributed by atoms with Crippen molar-refractivity contribution >= 4 is 57.2 Å². The minimum absolute atomic E-state index is 0.133. The van der Waals surface area contributed by atoms with Crippen LogP contribution >= 0.6 is 22.9 Å². The minimum Gasteiger partial charge on any atom is -0.326 e. The van der Waals surface area contributed by atoms with Crippen LogP contribution in [0.4, 0.5) is 11.4 Å². The van der Waals surface area contributed by atoms with E-state index in [4.69, 9.17) is 11.6 Å². The average Bonchev–Trinajstić information content (AvgIpc) is 3.14. The van der Waals surface area contributed by atoms with Crippen molar-refractivity contribution in [1.82, 2.24) is 10.2 Å². The number of benzene rings is 2. The Morgan fingerprint density at radius 3 is 2.22 bits per heavy atom. The van der Waals surface area contributed by atoms with Crippen LogP contribution in [0.2, 0.25) is 0 Å². The Bertz CT molecular complexity index is 984. The van der Waals surface area contributed by atoms with Crippen molar-refractivity contribution in [3.8, 4) is 0 Å². The molecule has 1 aromatic heterocycles. The summed E-state index contributed by atoms with van der Waals surface area (Å²) in [5.41, 5.74) is 2.21. The zero-order valence-electron chi connectivity index (χ0n) is 14.3. The molecule has 0 atom stereocenters. The average molecular weight is 399 g/mol. The molecule has 0 aliphatic carbocycles. The zero-order valence-corrected chi connectivity index (χ0v) is 15.8. The summed E-state index contributed by atoms with van der Waals surface area (Å²) in [5.74, 6) is -0.472. The van der Waals surface area contributed by atoms with E-state index in [-0.39, 0.29) is 16.8 Å². The summed E-state index contributed by atoms with van der Waals surface area (Å²) in [7, 11) is 0. The highest BCUT2D eigenvalue weighted by molar-refractivity contribution is 7.15. The van der Waals surface area contributed by atoms with Gasteiger partial charge < -0.3 is 10.6 Å². The number of anilines is 2. The molecular formula is C19H15ClN4O2S. The number of rotatable bonds is 5. The van der Waals surface area contributed by atoms with Crippen molar-refractivity contribution in [3.63, 3.8) is 0 Å². The van der Waals surface area contributed by atoms with E-state index >= 15 is 0 Å². The van der Waals surface area contributed by atoms with Crippen molar-refractivity contribution in [2.45, 2.75) is 6.92 Å². The van der Waals surface area contributed by atoms with Gasteiger partial charge in [-0.25, -0.2) is 0 Å². The van der Waals surface area contributed by atoms with E-state index in [9.17, 15) is 9.59 Å². The third-order valence-corrected chi connectivity index (χ3v) is 4.74. The second-order valence-corrected chi connectivity index (χ2v) is 6.91. The Hall–Kier alpha value is -3.03. The molecule has 6 nitrogen and oxygen atoms in total. The standard InChI is InChI=1S/C19H15ClN4O2S/c1-12(25)21-15-9-7-13(8-10-15)11-16(20)18-23-24-19(27-18)17(26)22-14-5-3-2-4-6-14/h2-11H,1H3,(H,21,25)(H,22,26)/b16-11-. The molecule has 0 radical (unpaired) electrons. The van der Waals surface area contributed by atoms with Gasteiger partial charge in [0.15, 0.2) is 5.01 Å². The molecule has 0 unspecified atom stereocenters. The molecule has 3 aromatic rings. The van der Waals surface area contributed by atoms with Gasteiger partial charge in [-0.15, -0.1) is 10.2 Å². The lowest BCUT2D eigenvalue weighted by molar-refractivity contribution is -0.114. The Labute approximate surface area is 164 Å². The lowest BCUT2D eigenvalue weighted by Crippen LogP contribution is -2.11. The predicted molar refractivity (Wildman–Crippen MR) is 109 cm³/mol. The van der Waals surface area contributed by atoms with E-state index in [1.807, 2.05) is 30.3 Å². The van der Waals surface area contributed by atoms with Crippen molar-refractivity contribution < 1.29 is 9.59 Å². The van der Waals surface area contributed by atoms with Gasteiger partial charge in [0, 0.05) is 18.3 Å². The lowest BCUT2D eigenvalue weighted by atomic mass is 10.2. The second-order valence-electron chi connectivity index (χ2n) is 5.53. The molecule has 0 aliphatic heterocycles. The summed E-state index contributed by atoms with van der Waals surface area (Å²) >= 11 is 7.42. The first kappa shape index (κ1) is 18.8. The SMILES string of the molecule is CC(=O)Nc1ccc(/C=C(\Cl)c2nnc(C(=O)Nc3ccccc3)s2)cc1. The number of carbonyl (C=O) groups excluding carboxylic acids is 2. The molecule has 0 spiro atoms. The van der Waals surface area contributed by atoms with Crippen molar-refractivity contribution in [2.24, 2.45) is 0 Å². The van der Waals surface area contributed by atoms with Gasteiger partial charge >= 0.3 is 0 Å². The minimum atomic E-state index is -0.339. The molecule has 0 fully saturated rings. The summed E-state index contributed by atoms with van der Waals surface area (Å²) in [4.78, 5) is 23.3. The molecule has 1 heterocycles. The third kappa shape index (κ3) is 5.22. The molecule has 27 heavy (non-hydrogen) atoms. The van der Waals surface area contributed by atoms with E-state index in [0.717, 1.165) is 16.9 Å². The molecule has 2 N–H and O–H groups in total. The van der Waals surface area contributed by atoms with Gasteiger partial charge in [0.25, 0.3) is 5.91 Å². The van der Waals surface area contributed by atoms with Gasteiger partial charge in [-0.3, -0.25) is 9.59 Å². The van der Waals surface area contributed by atoms with Gasteiger partial charge in [0.2, 0.25) is 10.9 Å². The Balaban J connectivity index is 1.70. The first-order chi connectivity index (χ1) is 13.0. The molecule has 3 rings (SSSR count). The van der Waals surface area contributed by atoms with Crippen molar-refractivity contribution in [2.75, 3.05) is 10.6 Å². The maximum atomic E-state index is 12.2. The Morgan fingerprint density at radius 1 is 0.926 bits per heavy atom. The number of halogens is 1. The van der Waals surface area contributed by atoms with Gasteiger partial charge in [-0.1, -0.05) is 53.3 Å². The van der Waals surface area contributed by atoms with Gasteiger partial charge in [0.1, 0.15) is 0 Å². The summed E-state index contributed by atoms with van der Waals surface area (Å²) in [6.45, 7) is 1.45. The van der Waals surface area contributed by atoms with Crippen LogP contribution in [0.15, 0.2) is 54.6 Å². The highest BCUT2D eigenvalue weighted by Crippen LogP contribution is 2.26. The monoisotopic (exact) mass is 398 g/mol. The maximum Gasteiger partial charge on any atom is 0.286 e. The number of para-hydroxylation sites is 1. The molecular weight excluding hydrogens is 384 g/mol. The Kier molecular flexibility index (Phi) is 5.95. The van der Waals surface area contributed by atoms with Crippen LogP contribution in [0.25, 0.3) is 11.1 Å². The molecule has 0 aliphatic rings. The first-order valence-electron chi connectivity index (χ1n) is 7.96. The van der Waals surface area contributed by atoms with Crippen molar-refractivity contribution in [1.29, 1.82) is 0 Å². The zero-order chi connectivity index (χ0) is 19.2. The molecule has 0 saturated carbocycles. The molecule has 8 heteroatoms. The van der Waals surface area contributed by atoms with E-state index in [1.54, 1.807) is 30.3 Å². The number of amides is 2. The van der Waals surface area contributed by atoms with Crippen LogP contribution in [0.1, 0.15) is 27.3 Å². The first-order valence-corrected chi connectivity index (χ1v) is 9.16. The number of carbonyl (C=O) groups is 2. The second kappa shape index (κ2) is 8.57. The highest BCUT2D eigenvalue weighted by Gasteiger charge is 2.14. The topological polar surface area (TPSA) is 84.0 Å². The molecule has 2 amide bonds. The van der Waals surface area contributed by atoms with Crippen molar-refractivity contribution in [3.05, 3.63) is 70.2 Å². The number of nitrogens with zero attached hydrogens (tertiary/aromatic N) is 2.